The van der Waals surface area contributed by atoms with E-state index in [4.69, 9.17) is 0 Å². The van der Waals surface area contributed by atoms with E-state index in [9.17, 15) is 4.79 Å². The predicted octanol–water partition coefficient (Wildman–Crippen LogP) is 3.52. The van der Waals surface area contributed by atoms with E-state index in [0.29, 0.717) is 18.3 Å². The first-order chi connectivity index (χ1) is 10.3. The van der Waals surface area contributed by atoms with Crippen LogP contribution in [0.25, 0.3) is 10.2 Å². The molecule has 2 amide bonds. The fraction of sp³-hybridized carbons (Fsp3) is 0.400. The number of hydrogen-bond donors (Lipinski definition) is 3. The largest absolute Gasteiger partial charge is 0.351 e. The van der Waals surface area contributed by atoms with E-state index in [1.54, 1.807) is 6.08 Å². The number of aryl methyl sites for hydroxylation is 1. The minimum absolute atomic E-state index is 0.284. The molecule has 0 aliphatic carbocycles. The SMILES string of the molecule is C=CCNc1nc(NC(=O)NC(C)(C)C)c2scc(C)c2n1. The van der Waals surface area contributed by atoms with Crippen LogP contribution in [0.2, 0.25) is 0 Å². The third-order valence-electron chi connectivity index (χ3n) is 2.72. The van der Waals surface area contributed by atoms with Gasteiger partial charge in [-0.3, -0.25) is 5.32 Å². The first-order valence-electron chi connectivity index (χ1n) is 7.00. The fourth-order valence-corrected chi connectivity index (χ4v) is 2.77. The van der Waals surface area contributed by atoms with Crippen molar-refractivity contribution in [3.8, 4) is 0 Å². The monoisotopic (exact) mass is 319 g/mol. The van der Waals surface area contributed by atoms with Crippen LogP contribution in [0.5, 0.6) is 0 Å². The normalized spacial score (nSPS) is 11.3. The summed E-state index contributed by atoms with van der Waals surface area (Å²) in [4.78, 5) is 21.0. The van der Waals surface area contributed by atoms with Gasteiger partial charge in [0.1, 0.15) is 0 Å². The molecule has 0 bridgehead atoms. The number of carbonyl (C=O) groups is 1. The van der Waals surface area contributed by atoms with E-state index >= 15 is 0 Å². The molecule has 0 aliphatic rings. The Morgan fingerprint density at radius 3 is 2.77 bits per heavy atom. The standard InChI is InChI=1S/C15H21N5OS/c1-6-7-16-13-17-10-9(2)8-22-11(10)12(18-13)19-14(21)20-15(3,4)5/h6,8H,1,7H2,2-5H3,(H3,16,17,18,19,20,21). The summed E-state index contributed by atoms with van der Waals surface area (Å²) in [6, 6.07) is -0.284. The third kappa shape index (κ3) is 3.94. The zero-order chi connectivity index (χ0) is 16.3. The molecule has 2 aromatic heterocycles. The number of thiophene rings is 1. The molecule has 0 fully saturated rings. The lowest BCUT2D eigenvalue weighted by atomic mass is 10.1. The molecule has 0 aromatic carbocycles. The minimum atomic E-state index is -0.314. The Kier molecular flexibility index (Phi) is 4.65. The number of aromatic nitrogens is 2. The molecule has 22 heavy (non-hydrogen) atoms. The average molecular weight is 319 g/mol. The van der Waals surface area contributed by atoms with E-state index < -0.39 is 0 Å². The van der Waals surface area contributed by atoms with Gasteiger partial charge in [0.15, 0.2) is 5.82 Å². The molecule has 0 saturated heterocycles. The molecule has 2 aromatic rings. The van der Waals surface area contributed by atoms with Crippen LogP contribution in [-0.4, -0.2) is 28.1 Å². The van der Waals surface area contributed by atoms with Crippen molar-refractivity contribution in [3.05, 3.63) is 23.6 Å². The second kappa shape index (κ2) is 6.31. The van der Waals surface area contributed by atoms with Gasteiger partial charge < -0.3 is 10.6 Å². The second-order valence-electron chi connectivity index (χ2n) is 5.99. The molecule has 2 rings (SSSR count). The van der Waals surface area contributed by atoms with Crippen molar-refractivity contribution in [2.24, 2.45) is 0 Å². The Balaban J connectivity index is 2.34. The number of nitrogens with one attached hydrogen (secondary N) is 3. The van der Waals surface area contributed by atoms with E-state index in [1.807, 2.05) is 33.1 Å². The van der Waals surface area contributed by atoms with E-state index in [-0.39, 0.29) is 11.6 Å². The van der Waals surface area contributed by atoms with Gasteiger partial charge in [-0.15, -0.1) is 17.9 Å². The summed E-state index contributed by atoms with van der Waals surface area (Å²) in [5.41, 5.74) is 1.59. The predicted molar refractivity (Wildman–Crippen MR) is 92.7 cm³/mol. The number of carbonyl (C=O) groups excluding carboxylic acids is 1. The highest BCUT2D eigenvalue weighted by Gasteiger charge is 2.17. The number of amides is 2. The Hall–Kier alpha value is -2.15. The molecule has 0 saturated carbocycles. The van der Waals surface area contributed by atoms with Crippen molar-refractivity contribution in [2.45, 2.75) is 33.2 Å². The van der Waals surface area contributed by atoms with Gasteiger partial charge in [0.25, 0.3) is 0 Å². The third-order valence-corrected chi connectivity index (χ3v) is 3.81. The zero-order valence-electron chi connectivity index (χ0n) is 13.3. The number of nitrogens with zero attached hydrogens (tertiary/aromatic N) is 2. The number of hydrogen-bond acceptors (Lipinski definition) is 5. The summed E-state index contributed by atoms with van der Waals surface area (Å²) < 4.78 is 0.866. The smallest absolute Gasteiger partial charge is 0.320 e. The maximum atomic E-state index is 12.1. The lowest BCUT2D eigenvalue weighted by Crippen LogP contribution is -2.43. The van der Waals surface area contributed by atoms with Crippen LogP contribution in [0.3, 0.4) is 0 Å². The van der Waals surface area contributed by atoms with Crippen LogP contribution in [-0.2, 0) is 0 Å². The first kappa shape index (κ1) is 16.2. The number of fused-ring (bicyclic) bond motifs is 1. The molecule has 3 N–H and O–H groups in total. The highest BCUT2D eigenvalue weighted by Crippen LogP contribution is 2.30. The number of anilines is 2. The molecule has 118 valence electrons. The van der Waals surface area contributed by atoms with Gasteiger partial charge in [-0.1, -0.05) is 6.08 Å². The van der Waals surface area contributed by atoms with E-state index in [0.717, 1.165) is 15.8 Å². The van der Waals surface area contributed by atoms with E-state index in [1.165, 1.54) is 11.3 Å². The van der Waals surface area contributed by atoms with Crippen molar-refractivity contribution in [2.75, 3.05) is 17.2 Å². The van der Waals surface area contributed by atoms with Gasteiger partial charge >= 0.3 is 6.03 Å². The van der Waals surface area contributed by atoms with Gasteiger partial charge in [-0.05, 0) is 38.6 Å². The molecular weight excluding hydrogens is 298 g/mol. The maximum absolute atomic E-state index is 12.1. The molecule has 2 heterocycles. The summed E-state index contributed by atoms with van der Waals surface area (Å²) in [7, 11) is 0. The second-order valence-corrected chi connectivity index (χ2v) is 6.87. The van der Waals surface area contributed by atoms with Crippen molar-refractivity contribution in [1.82, 2.24) is 15.3 Å². The van der Waals surface area contributed by atoms with Crippen molar-refractivity contribution in [1.29, 1.82) is 0 Å². The molecular formula is C15H21N5OS. The summed E-state index contributed by atoms with van der Waals surface area (Å²) in [5, 5.41) is 10.7. The first-order valence-corrected chi connectivity index (χ1v) is 7.88. The summed E-state index contributed by atoms with van der Waals surface area (Å²) in [5.74, 6) is 0.983. The summed E-state index contributed by atoms with van der Waals surface area (Å²) >= 11 is 1.52. The Morgan fingerprint density at radius 2 is 2.14 bits per heavy atom. The van der Waals surface area contributed by atoms with Crippen LogP contribution >= 0.6 is 11.3 Å². The molecule has 0 atom stereocenters. The Labute approximate surface area is 134 Å². The van der Waals surface area contributed by atoms with E-state index in [2.05, 4.69) is 32.5 Å². The lowest BCUT2D eigenvalue weighted by molar-refractivity contribution is 0.244. The molecule has 0 spiro atoms. The lowest BCUT2D eigenvalue weighted by Gasteiger charge is -2.20. The minimum Gasteiger partial charge on any atom is -0.351 e. The number of rotatable bonds is 4. The van der Waals surface area contributed by atoms with Crippen molar-refractivity contribution >= 4 is 39.4 Å². The Morgan fingerprint density at radius 1 is 1.41 bits per heavy atom. The summed E-state index contributed by atoms with van der Waals surface area (Å²) in [6.07, 6.45) is 1.73. The highest BCUT2D eigenvalue weighted by molar-refractivity contribution is 7.18. The van der Waals surface area contributed by atoms with Gasteiger partial charge in [0.05, 0.1) is 10.2 Å². The summed E-state index contributed by atoms with van der Waals surface area (Å²) in [6.45, 7) is 12.0. The maximum Gasteiger partial charge on any atom is 0.320 e. The van der Waals surface area contributed by atoms with Gasteiger partial charge in [-0.25, -0.2) is 9.78 Å². The number of urea groups is 1. The van der Waals surface area contributed by atoms with Gasteiger partial charge in [0, 0.05) is 12.1 Å². The quantitative estimate of drug-likeness (QED) is 0.753. The van der Waals surface area contributed by atoms with Crippen LogP contribution in [0.4, 0.5) is 16.6 Å². The van der Waals surface area contributed by atoms with Crippen LogP contribution in [0.1, 0.15) is 26.3 Å². The molecule has 6 nitrogen and oxygen atoms in total. The van der Waals surface area contributed by atoms with Gasteiger partial charge in [-0.2, -0.15) is 4.98 Å². The Bertz CT molecular complexity index is 702. The van der Waals surface area contributed by atoms with Crippen LogP contribution in [0, 0.1) is 6.92 Å². The molecule has 7 heteroatoms. The molecule has 0 radical (unpaired) electrons. The molecule has 0 aliphatic heterocycles. The molecule has 0 unspecified atom stereocenters. The average Bonchev–Trinajstić information content (AvgIpc) is 2.76. The van der Waals surface area contributed by atoms with Crippen molar-refractivity contribution < 1.29 is 4.79 Å². The van der Waals surface area contributed by atoms with Crippen LogP contribution < -0.4 is 16.0 Å². The zero-order valence-corrected chi connectivity index (χ0v) is 14.1. The topological polar surface area (TPSA) is 78.9 Å². The van der Waals surface area contributed by atoms with Gasteiger partial charge in [0.2, 0.25) is 5.95 Å². The highest BCUT2D eigenvalue weighted by atomic mass is 32.1. The van der Waals surface area contributed by atoms with Crippen molar-refractivity contribution in [3.63, 3.8) is 0 Å². The fourth-order valence-electron chi connectivity index (χ4n) is 1.84. The van der Waals surface area contributed by atoms with Crippen LogP contribution in [0.15, 0.2) is 18.0 Å².